The molecule has 2 aromatic rings. The van der Waals surface area contributed by atoms with E-state index in [1.807, 2.05) is 42.2 Å². The zero-order chi connectivity index (χ0) is 13.4. The lowest BCUT2D eigenvalue weighted by Crippen LogP contribution is -2.29. The molecule has 98 valence electrons. The molecule has 0 bridgehead atoms. The molecule has 19 heavy (non-hydrogen) atoms. The van der Waals surface area contributed by atoms with E-state index in [1.165, 1.54) is 0 Å². The van der Waals surface area contributed by atoms with Gasteiger partial charge in [0.15, 0.2) is 0 Å². The largest absolute Gasteiger partial charge is 0.337 e. The summed E-state index contributed by atoms with van der Waals surface area (Å²) >= 11 is 3.58. The van der Waals surface area contributed by atoms with Crippen LogP contribution in [0.15, 0.2) is 30.3 Å². The Labute approximate surface area is 120 Å². The van der Waals surface area contributed by atoms with Gasteiger partial charge in [-0.15, -0.1) is 0 Å². The number of benzene rings is 1. The molecule has 1 amide bonds. The number of alkyl halides is 1. The average Bonchev–Trinajstić information content (AvgIpc) is 2.83. The first-order chi connectivity index (χ1) is 9.15. The van der Waals surface area contributed by atoms with Crippen LogP contribution in [-0.4, -0.2) is 33.7 Å². The highest BCUT2D eigenvalue weighted by Gasteiger charge is 2.26. The van der Waals surface area contributed by atoms with Crippen molar-refractivity contribution in [3.63, 3.8) is 0 Å². The molecule has 3 rings (SSSR count). The van der Waals surface area contributed by atoms with Crippen molar-refractivity contribution in [3.05, 3.63) is 41.6 Å². The maximum absolute atomic E-state index is 12.6. The first-order valence-corrected chi connectivity index (χ1v) is 7.36. The topological polar surface area (TPSA) is 33.2 Å². The number of rotatable bonds is 1. The smallest absolute Gasteiger partial charge is 0.254 e. The van der Waals surface area contributed by atoms with E-state index < -0.39 is 0 Å². The Bertz CT molecular complexity index is 641. The van der Waals surface area contributed by atoms with Gasteiger partial charge in [-0.25, -0.2) is 0 Å². The van der Waals surface area contributed by atoms with E-state index in [9.17, 15) is 4.79 Å². The van der Waals surface area contributed by atoms with Gasteiger partial charge in [0.25, 0.3) is 5.91 Å². The number of aryl methyl sites for hydroxylation is 1. The Balaban J connectivity index is 2.06. The number of carbonyl (C=O) groups excluding carboxylic acids is 1. The fraction of sp³-hybridized carbons (Fsp3) is 0.333. The summed E-state index contributed by atoms with van der Waals surface area (Å²) in [7, 11) is 0. The quantitative estimate of drug-likeness (QED) is 0.757. The van der Waals surface area contributed by atoms with Crippen molar-refractivity contribution in [2.45, 2.75) is 18.2 Å². The zero-order valence-corrected chi connectivity index (χ0v) is 12.4. The van der Waals surface area contributed by atoms with Crippen LogP contribution in [0.4, 0.5) is 0 Å². The van der Waals surface area contributed by atoms with Crippen molar-refractivity contribution in [1.82, 2.24) is 9.88 Å². The van der Waals surface area contributed by atoms with Crippen molar-refractivity contribution >= 4 is 32.7 Å². The second-order valence-electron chi connectivity index (χ2n) is 4.97. The lowest BCUT2D eigenvalue weighted by Gasteiger charge is -2.17. The summed E-state index contributed by atoms with van der Waals surface area (Å²) in [5.41, 5.74) is 2.54. The molecular weight excluding hydrogens is 304 g/mol. The van der Waals surface area contributed by atoms with Gasteiger partial charge in [-0.1, -0.05) is 34.1 Å². The normalized spacial score (nSPS) is 19.1. The molecule has 1 aliphatic heterocycles. The minimum absolute atomic E-state index is 0.114. The molecule has 0 N–H and O–H groups in total. The van der Waals surface area contributed by atoms with Gasteiger partial charge in [0.2, 0.25) is 0 Å². The van der Waals surface area contributed by atoms with Gasteiger partial charge in [0.05, 0.1) is 11.1 Å². The zero-order valence-electron chi connectivity index (χ0n) is 10.8. The molecule has 1 aromatic heterocycles. The van der Waals surface area contributed by atoms with Crippen molar-refractivity contribution in [3.8, 4) is 0 Å². The SMILES string of the molecule is Cc1cc(C(=O)N2CCC(Br)C2)c2ccccc2n1. The van der Waals surface area contributed by atoms with Crippen molar-refractivity contribution < 1.29 is 4.79 Å². The highest BCUT2D eigenvalue weighted by molar-refractivity contribution is 9.09. The molecule has 1 fully saturated rings. The summed E-state index contributed by atoms with van der Waals surface area (Å²) in [6.07, 6.45) is 1.02. The maximum Gasteiger partial charge on any atom is 0.254 e. The predicted octanol–water partition coefficient (Wildman–Crippen LogP) is 3.15. The monoisotopic (exact) mass is 318 g/mol. The molecule has 0 saturated carbocycles. The molecular formula is C15H15BrN2O. The number of hydrogen-bond acceptors (Lipinski definition) is 2. The van der Waals surface area contributed by atoms with Gasteiger partial charge in [-0.3, -0.25) is 9.78 Å². The Morgan fingerprint density at radius 1 is 1.42 bits per heavy atom. The number of likely N-dealkylation sites (tertiary alicyclic amines) is 1. The summed E-state index contributed by atoms with van der Waals surface area (Å²) in [5, 5.41) is 0.941. The highest BCUT2D eigenvalue weighted by atomic mass is 79.9. The second-order valence-corrected chi connectivity index (χ2v) is 6.26. The number of aromatic nitrogens is 1. The lowest BCUT2D eigenvalue weighted by atomic mass is 10.1. The third kappa shape index (κ3) is 2.37. The minimum Gasteiger partial charge on any atom is -0.337 e. The molecule has 1 unspecified atom stereocenters. The van der Waals surface area contributed by atoms with Gasteiger partial charge in [0.1, 0.15) is 0 Å². The molecule has 2 heterocycles. The van der Waals surface area contributed by atoms with E-state index in [0.717, 1.165) is 41.7 Å². The maximum atomic E-state index is 12.6. The molecule has 1 aromatic carbocycles. The lowest BCUT2D eigenvalue weighted by molar-refractivity contribution is 0.0795. The standard InChI is InChI=1S/C15H15BrN2O/c1-10-8-13(12-4-2-3-5-14(12)17-10)15(19)18-7-6-11(16)9-18/h2-5,8,11H,6-7,9H2,1H3. The molecule has 1 atom stereocenters. The third-order valence-corrected chi connectivity index (χ3v) is 4.24. The fourth-order valence-corrected chi connectivity index (χ4v) is 3.11. The van der Waals surface area contributed by atoms with Gasteiger partial charge in [-0.05, 0) is 25.5 Å². The Kier molecular flexibility index (Phi) is 3.27. The van der Waals surface area contributed by atoms with E-state index in [-0.39, 0.29) is 5.91 Å². The van der Waals surface area contributed by atoms with Crippen molar-refractivity contribution in [2.75, 3.05) is 13.1 Å². The van der Waals surface area contributed by atoms with Crippen LogP contribution in [0.2, 0.25) is 0 Å². The number of carbonyl (C=O) groups is 1. The number of halogens is 1. The highest BCUT2D eigenvalue weighted by Crippen LogP contribution is 2.23. The molecule has 1 aliphatic rings. The van der Waals surface area contributed by atoms with Crippen LogP contribution in [0, 0.1) is 6.92 Å². The van der Waals surface area contributed by atoms with Crippen LogP contribution < -0.4 is 0 Å². The Hall–Kier alpha value is -1.42. The average molecular weight is 319 g/mol. The van der Waals surface area contributed by atoms with Gasteiger partial charge in [-0.2, -0.15) is 0 Å². The van der Waals surface area contributed by atoms with Crippen LogP contribution >= 0.6 is 15.9 Å². The van der Waals surface area contributed by atoms with Gasteiger partial charge in [0, 0.05) is 29.0 Å². The van der Waals surface area contributed by atoms with E-state index in [0.29, 0.717) is 4.83 Å². The van der Waals surface area contributed by atoms with E-state index in [2.05, 4.69) is 20.9 Å². The summed E-state index contributed by atoms with van der Waals surface area (Å²) in [6.45, 7) is 3.54. The van der Waals surface area contributed by atoms with Crippen LogP contribution in [-0.2, 0) is 0 Å². The Morgan fingerprint density at radius 3 is 2.95 bits per heavy atom. The number of nitrogens with zero attached hydrogens (tertiary/aromatic N) is 2. The number of amides is 1. The van der Waals surface area contributed by atoms with Gasteiger partial charge >= 0.3 is 0 Å². The minimum atomic E-state index is 0.114. The van der Waals surface area contributed by atoms with E-state index >= 15 is 0 Å². The number of pyridine rings is 1. The van der Waals surface area contributed by atoms with Crippen LogP contribution in [0.1, 0.15) is 22.5 Å². The van der Waals surface area contributed by atoms with E-state index in [1.54, 1.807) is 0 Å². The second kappa shape index (κ2) is 4.93. The summed E-state index contributed by atoms with van der Waals surface area (Å²) in [4.78, 5) is 19.5. The van der Waals surface area contributed by atoms with Crippen molar-refractivity contribution in [1.29, 1.82) is 0 Å². The number of para-hydroxylation sites is 1. The molecule has 1 saturated heterocycles. The fourth-order valence-electron chi connectivity index (χ4n) is 2.56. The van der Waals surface area contributed by atoms with Crippen LogP contribution in [0.25, 0.3) is 10.9 Å². The van der Waals surface area contributed by atoms with Crippen molar-refractivity contribution in [2.24, 2.45) is 0 Å². The molecule has 0 aliphatic carbocycles. The molecule has 0 spiro atoms. The summed E-state index contributed by atoms with van der Waals surface area (Å²) in [5.74, 6) is 0.114. The predicted molar refractivity (Wildman–Crippen MR) is 79.7 cm³/mol. The summed E-state index contributed by atoms with van der Waals surface area (Å²) in [6, 6.07) is 9.72. The number of hydrogen-bond donors (Lipinski definition) is 0. The van der Waals surface area contributed by atoms with E-state index in [4.69, 9.17) is 0 Å². The summed E-state index contributed by atoms with van der Waals surface area (Å²) < 4.78 is 0. The molecule has 4 heteroatoms. The third-order valence-electron chi connectivity index (χ3n) is 3.49. The first-order valence-electron chi connectivity index (χ1n) is 6.45. The van der Waals surface area contributed by atoms with Gasteiger partial charge < -0.3 is 4.90 Å². The molecule has 0 radical (unpaired) electrons. The first kappa shape index (κ1) is 12.6. The van der Waals surface area contributed by atoms with Crippen LogP contribution in [0.5, 0.6) is 0 Å². The number of fused-ring (bicyclic) bond motifs is 1. The van der Waals surface area contributed by atoms with Crippen LogP contribution in [0.3, 0.4) is 0 Å². The Morgan fingerprint density at radius 2 is 2.21 bits per heavy atom. The molecule has 3 nitrogen and oxygen atoms in total.